The SMILES string of the molecule is COc1ccccc1CN1CC(C(=O)NCc2ccccc2-c2ccccc2)CC1=O. The molecule has 1 fully saturated rings. The molecule has 1 atom stereocenters. The molecule has 2 amide bonds. The lowest BCUT2D eigenvalue weighted by atomic mass is 9.99. The largest absolute Gasteiger partial charge is 0.496 e. The maximum Gasteiger partial charge on any atom is 0.225 e. The second-order valence-electron chi connectivity index (χ2n) is 7.73. The Morgan fingerprint density at radius 3 is 2.42 bits per heavy atom. The Hall–Kier alpha value is -3.60. The summed E-state index contributed by atoms with van der Waals surface area (Å²) in [6.45, 7) is 1.30. The zero-order chi connectivity index (χ0) is 21.6. The lowest BCUT2D eigenvalue weighted by Gasteiger charge is -2.18. The van der Waals surface area contributed by atoms with Crippen molar-refractivity contribution in [3.05, 3.63) is 90.0 Å². The number of likely N-dealkylation sites (tertiary alicyclic amines) is 1. The summed E-state index contributed by atoms with van der Waals surface area (Å²) in [5.74, 6) is 0.321. The summed E-state index contributed by atoms with van der Waals surface area (Å²) < 4.78 is 5.38. The van der Waals surface area contributed by atoms with E-state index in [1.165, 1.54) is 0 Å². The van der Waals surface area contributed by atoms with Gasteiger partial charge >= 0.3 is 0 Å². The lowest BCUT2D eigenvalue weighted by Crippen LogP contribution is -2.32. The average molecular weight is 415 g/mol. The van der Waals surface area contributed by atoms with Gasteiger partial charge < -0.3 is 15.0 Å². The molecule has 4 rings (SSSR count). The van der Waals surface area contributed by atoms with Crippen LogP contribution in [-0.2, 0) is 22.7 Å². The third kappa shape index (κ3) is 4.77. The number of methoxy groups -OCH3 is 1. The molecule has 1 aliphatic heterocycles. The minimum absolute atomic E-state index is 0.00394. The Balaban J connectivity index is 1.39. The van der Waals surface area contributed by atoms with E-state index in [1.807, 2.05) is 60.7 Å². The predicted molar refractivity (Wildman–Crippen MR) is 120 cm³/mol. The van der Waals surface area contributed by atoms with Crippen molar-refractivity contribution in [1.29, 1.82) is 0 Å². The maximum atomic E-state index is 12.8. The maximum absolute atomic E-state index is 12.8. The summed E-state index contributed by atoms with van der Waals surface area (Å²) in [4.78, 5) is 27.1. The molecule has 5 nitrogen and oxygen atoms in total. The van der Waals surface area contributed by atoms with Crippen LogP contribution in [0, 0.1) is 5.92 Å². The van der Waals surface area contributed by atoms with Crippen LogP contribution in [0.3, 0.4) is 0 Å². The van der Waals surface area contributed by atoms with E-state index in [9.17, 15) is 9.59 Å². The van der Waals surface area contributed by atoms with Crippen LogP contribution in [0.5, 0.6) is 5.75 Å². The number of rotatable bonds is 7. The van der Waals surface area contributed by atoms with Crippen molar-refractivity contribution in [3.63, 3.8) is 0 Å². The molecular formula is C26H26N2O3. The van der Waals surface area contributed by atoms with Crippen molar-refractivity contribution >= 4 is 11.8 Å². The Morgan fingerprint density at radius 2 is 1.65 bits per heavy atom. The molecule has 0 radical (unpaired) electrons. The fraction of sp³-hybridized carbons (Fsp3) is 0.231. The molecule has 158 valence electrons. The van der Waals surface area contributed by atoms with E-state index in [0.717, 1.165) is 28.0 Å². The smallest absolute Gasteiger partial charge is 0.225 e. The molecule has 1 unspecified atom stereocenters. The minimum atomic E-state index is -0.342. The van der Waals surface area contributed by atoms with Gasteiger partial charge in [-0.05, 0) is 22.8 Å². The number of nitrogens with one attached hydrogen (secondary N) is 1. The van der Waals surface area contributed by atoms with Crippen LogP contribution in [0.15, 0.2) is 78.9 Å². The number of hydrogen-bond donors (Lipinski definition) is 1. The van der Waals surface area contributed by atoms with Gasteiger partial charge in [-0.1, -0.05) is 72.8 Å². The highest BCUT2D eigenvalue weighted by molar-refractivity contribution is 5.89. The number of nitrogens with zero attached hydrogens (tertiary/aromatic N) is 1. The van der Waals surface area contributed by atoms with Gasteiger partial charge in [0.2, 0.25) is 11.8 Å². The topological polar surface area (TPSA) is 58.6 Å². The Bertz CT molecular complexity index is 1070. The van der Waals surface area contributed by atoms with Crippen molar-refractivity contribution in [1.82, 2.24) is 10.2 Å². The van der Waals surface area contributed by atoms with E-state index in [0.29, 0.717) is 19.6 Å². The highest BCUT2D eigenvalue weighted by atomic mass is 16.5. The molecule has 1 heterocycles. The minimum Gasteiger partial charge on any atom is -0.496 e. The second-order valence-corrected chi connectivity index (χ2v) is 7.73. The van der Waals surface area contributed by atoms with E-state index in [4.69, 9.17) is 4.74 Å². The average Bonchev–Trinajstić information content (AvgIpc) is 3.19. The van der Waals surface area contributed by atoms with E-state index in [-0.39, 0.29) is 24.2 Å². The lowest BCUT2D eigenvalue weighted by molar-refractivity contribution is -0.129. The van der Waals surface area contributed by atoms with Crippen LogP contribution in [0.4, 0.5) is 0 Å². The number of benzene rings is 3. The zero-order valence-electron chi connectivity index (χ0n) is 17.6. The summed E-state index contributed by atoms with van der Waals surface area (Å²) >= 11 is 0. The van der Waals surface area contributed by atoms with Crippen molar-refractivity contribution in [2.75, 3.05) is 13.7 Å². The molecule has 0 aliphatic carbocycles. The van der Waals surface area contributed by atoms with Crippen molar-refractivity contribution in [3.8, 4) is 16.9 Å². The van der Waals surface area contributed by atoms with Crippen LogP contribution < -0.4 is 10.1 Å². The molecule has 0 bridgehead atoms. The van der Waals surface area contributed by atoms with Gasteiger partial charge in [0.1, 0.15) is 5.75 Å². The van der Waals surface area contributed by atoms with E-state index >= 15 is 0 Å². The van der Waals surface area contributed by atoms with Crippen molar-refractivity contribution in [2.24, 2.45) is 5.92 Å². The van der Waals surface area contributed by atoms with Gasteiger partial charge in [0.05, 0.1) is 13.0 Å². The first-order valence-corrected chi connectivity index (χ1v) is 10.5. The van der Waals surface area contributed by atoms with E-state index in [2.05, 4.69) is 23.5 Å². The fourth-order valence-electron chi connectivity index (χ4n) is 4.04. The van der Waals surface area contributed by atoms with Crippen LogP contribution in [0.1, 0.15) is 17.5 Å². The van der Waals surface area contributed by atoms with Crippen LogP contribution in [0.25, 0.3) is 11.1 Å². The molecular weight excluding hydrogens is 388 g/mol. The van der Waals surface area contributed by atoms with Crippen molar-refractivity contribution < 1.29 is 14.3 Å². The van der Waals surface area contributed by atoms with Gasteiger partial charge in [-0.3, -0.25) is 9.59 Å². The standard InChI is InChI=1S/C26H26N2O3/c1-31-24-14-8-6-12-21(24)17-28-18-22(15-25(28)29)26(30)27-16-20-11-5-7-13-23(20)19-9-3-2-4-10-19/h2-14,22H,15-18H2,1H3,(H,27,30). The van der Waals surface area contributed by atoms with Gasteiger partial charge in [0.25, 0.3) is 0 Å². The quantitative estimate of drug-likeness (QED) is 0.635. The first-order chi connectivity index (χ1) is 15.2. The van der Waals surface area contributed by atoms with Crippen LogP contribution in [0.2, 0.25) is 0 Å². The van der Waals surface area contributed by atoms with Gasteiger partial charge in [-0.2, -0.15) is 0 Å². The van der Waals surface area contributed by atoms with Gasteiger partial charge in [0.15, 0.2) is 0 Å². The van der Waals surface area contributed by atoms with E-state index in [1.54, 1.807) is 12.0 Å². The highest BCUT2D eigenvalue weighted by Gasteiger charge is 2.34. The van der Waals surface area contributed by atoms with Crippen molar-refractivity contribution in [2.45, 2.75) is 19.5 Å². The third-order valence-electron chi connectivity index (χ3n) is 5.69. The van der Waals surface area contributed by atoms with Crippen LogP contribution in [-0.4, -0.2) is 30.4 Å². The molecule has 0 aromatic heterocycles. The second kappa shape index (κ2) is 9.47. The summed E-state index contributed by atoms with van der Waals surface area (Å²) in [7, 11) is 1.62. The molecule has 1 N–H and O–H groups in total. The normalized spacial score (nSPS) is 15.7. The first kappa shape index (κ1) is 20.7. The number of carbonyl (C=O) groups excluding carboxylic acids is 2. The summed E-state index contributed by atoms with van der Waals surface area (Å²) in [5, 5.41) is 3.04. The molecule has 5 heteroatoms. The third-order valence-corrected chi connectivity index (χ3v) is 5.69. The molecule has 3 aromatic rings. The Morgan fingerprint density at radius 1 is 0.968 bits per heavy atom. The van der Waals surface area contributed by atoms with Gasteiger partial charge in [-0.25, -0.2) is 0 Å². The molecule has 0 spiro atoms. The molecule has 31 heavy (non-hydrogen) atoms. The number of para-hydroxylation sites is 1. The highest BCUT2D eigenvalue weighted by Crippen LogP contribution is 2.26. The molecule has 1 saturated heterocycles. The summed E-state index contributed by atoms with van der Waals surface area (Å²) in [6, 6.07) is 25.8. The number of ether oxygens (including phenoxy) is 1. The Kier molecular flexibility index (Phi) is 6.32. The monoisotopic (exact) mass is 414 g/mol. The summed E-state index contributed by atoms with van der Waals surface area (Å²) in [5.41, 5.74) is 4.21. The van der Waals surface area contributed by atoms with Crippen LogP contribution >= 0.6 is 0 Å². The Labute approximate surface area is 182 Å². The number of carbonyl (C=O) groups is 2. The van der Waals surface area contributed by atoms with Gasteiger partial charge in [-0.15, -0.1) is 0 Å². The fourth-order valence-corrected chi connectivity index (χ4v) is 4.04. The van der Waals surface area contributed by atoms with Gasteiger partial charge in [0, 0.05) is 31.6 Å². The molecule has 1 aliphatic rings. The first-order valence-electron chi connectivity index (χ1n) is 10.5. The molecule has 0 saturated carbocycles. The zero-order valence-corrected chi connectivity index (χ0v) is 17.6. The predicted octanol–water partition coefficient (Wildman–Crippen LogP) is 4.03. The number of amides is 2. The summed E-state index contributed by atoms with van der Waals surface area (Å²) in [6.07, 6.45) is 0.237. The number of hydrogen-bond acceptors (Lipinski definition) is 3. The molecule has 3 aromatic carbocycles. The van der Waals surface area contributed by atoms with E-state index < -0.39 is 0 Å².